The van der Waals surface area contributed by atoms with Gasteiger partial charge in [-0.3, -0.25) is 0 Å². The van der Waals surface area contributed by atoms with Gasteiger partial charge in [-0.05, 0) is 25.7 Å². The summed E-state index contributed by atoms with van der Waals surface area (Å²) in [6.45, 7) is 6.65. The van der Waals surface area contributed by atoms with Gasteiger partial charge in [0.1, 0.15) is 26.4 Å². The lowest BCUT2D eigenvalue weighted by atomic mass is 9.92. The summed E-state index contributed by atoms with van der Waals surface area (Å²) < 4.78 is 157. The van der Waals surface area contributed by atoms with E-state index in [-0.39, 0.29) is 26.4 Å². The zero-order valence-corrected chi connectivity index (χ0v) is 37.9. The molecule has 0 aromatic carbocycles. The van der Waals surface area contributed by atoms with Crippen molar-refractivity contribution in [3.8, 4) is 0 Å². The third-order valence-corrected chi connectivity index (χ3v) is 13.9. The molecule has 0 aromatic heterocycles. The fourth-order valence-corrected chi connectivity index (χ4v) is 8.63. The first-order valence-electron chi connectivity index (χ1n) is 18.9. The van der Waals surface area contributed by atoms with Gasteiger partial charge in [0.15, 0.2) is 0 Å². The SMILES string of the molecule is C[SiH](C)CCCOCC(F)(F)OCC(COCC(F)(F)OCCC[SiH](C)C)(COCC(F)(F)OCCC[SiH](C)C)COC(F)(F)COCCC[SiH](C)C. The van der Waals surface area contributed by atoms with Crippen LogP contribution in [0.1, 0.15) is 25.7 Å². The molecule has 8 nitrogen and oxygen atoms in total. The third kappa shape index (κ3) is 31.7. The van der Waals surface area contributed by atoms with E-state index in [9.17, 15) is 35.1 Å². The van der Waals surface area contributed by atoms with Gasteiger partial charge in [-0.25, -0.2) is 0 Å². The predicted molar refractivity (Wildman–Crippen MR) is 203 cm³/mol. The summed E-state index contributed by atoms with van der Waals surface area (Å²) >= 11 is 0. The topological polar surface area (TPSA) is 73.8 Å². The van der Waals surface area contributed by atoms with E-state index in [0.29, 0.717) is 25.7 Å². The van der Waals surface area contributed by atoms with Crippen LogP contribution in [0.4, 0.5) is 35.1 Å². The quantitative estimate of drug-likeness (QED) is 0.0357. The van der Waals surface area contributed by atoms with E-state index >= 15 is 0 Å². The molecule has 0 saturated carbocycles. The highest BCUT2D eigenvalue weighted by atomic mass is 28.3. The van der Waals surface area contributed by atoms with Gasteiger partial charge in [-0.1, -0.05) is 76.6 Å². The van der Waals surface area contributed by atoms with Crippen molar-refractivity contribution in [2.45, 2.75) is 127 Å². The highest BCUT2D eigenvalue weighted by Gasteiger charge is 2.44. The Bertz CT molecular complexity index is 843. The van der Waals surface area contributed by atoms with Crippen LogP contribution in [0.25, 0.3) is 0 Å². The minimum Gasteiger partial charge on any atom is -0.372 e. The Hall–Kier alpha value is -0.0125. The average Bonchev–Trinajstić information content (AvgIpc) is 3.02. The Kier molecular flexibility index (Phi) is 27.6. The van der Waals surface area contributed by atoms with E-state index in [1.807, 2.05) is 0 Å². The van der Waals surface area contributed by atoms with E-state index in [2.05, 4.69) is 61.8 Å². The number of hydrogen-bond donors (Lipinski definition) is 0. The van der Waals surface area contributed by atoms with Gasteiger partial charge in [0, 0.05) is 48.4 Å². The van der Waals surface area contributed by atoms with Crippen LogP contribution < -0.4 is 0 Å². The predicted octanol–water partition coefficient (Wildman–Crippen LogP) is 7.98. The van der Waals surface area contributed by atoms with E-state index in [4.69, 9.17) is 28.4 Å². The summed E-state index contributed by atoms with van der Waals surface area (Å²) in [5.41, 5.74) is -2.21. The van der Waals surface area contributed by atoms with Crippen molar-refractivity contribution >= 4 is 35.2 Å². The molecule has 320 valence electrons. The fraction of sp³-hybridized carbons (Fsp3) is 1.00. The van der Waals surface area contributed by atoms with Gasteiger partial charge < -0.3 is 37.9 Å². The van der Waals surface area contributed by atoms with Crippen molar-refractivity contribution < 1.29 is 73.0 Å². The van der Waals surface area contributed by atoms with Crippen LogP contribution >= 0.6 is 0 Å². The highest BCUT2D eigenvalue weighted by Crippen LogP contribution is 2.31. The van der Waals surface area contributed by atoms with Gasteiger partial charge >= 0.3 is 24.4 Å². The molecule has 0 fully saturated rings. The molecule has 0 rings (SSSR count). The van der Waals surface area contributed by atoms with Crippen LogP contribution in [0.5, 0.6) is 0 Å². The maximum Gasteiger partial charge on any atom is 0.379 e. The lowest BCUT2D eigenvalue weighted by Crippen LogP contribution is -2.48. The lowest BCUT2D eigenvalue weighted by molar-refractivity contribution is -0.316. The summed E-state index contributed by atoms with van der Waals surface area (Å²) in [6.07, 6.45) is -13.7. The largest absolute Gasteiger partial charge is 0.379 e. The van der Waals surface area contributed by atoms with E-state index < -0.39 is 118 Å². The van der Waals surface area contributed by atoms with Crippen molar-refractivity contribution in [1.29, 1.82) is 0 Å². The molecule has 0 aliphatic carbocycles. The molecule has 0 aliphatic heterocycles. The summed E-state index contributed by atoms with van der Waals surface area (Å²) in [5.74, 6) is 0. The number of ether oxygens (including phenoxy) is 8. The molecule has 20 heteroatoms. The molecular formula is C33H68F8O8Si4. The first-order chi connectivity index (χ1) is 24.5. The molecule has 0 unspecified atom stereocenters. The van der Waals surface area contributed by atoms with Crippen molar-refractivity contribution in [1.82, 2.24) is 0 Å². The Balaban J connectivity index is 6.01. The van der Waals surface area contributed by atoms with Gasteiger partial charge in [0.2, 0.25) is 0 Å². The van der Waals surface area contributed by atoms with Crippen molar-refractivity contribution in [3.05, 3.63) is 0 Å². The number of hydrogen-bond acceptors (Lipinski definition) is 8. The summed E-state index contributed by atoms with van der Waals surface area (Å²) in [4.78, 5) is 0. The summed E-state index contributed by atoms with van der Waals surface area (Å²) in [5, 5.41) is 0. The Morgan fingerprint density at radius 2 is 0.585 bits per heavy atom. The second-order valence-corrected chi connectivity index (χ2v) is 29.0. The van der Waals surface area contributed by atoms with Crippen LogP contribution in [0.15, 0.2) is 0 Å². The zero-order chi connectivity index (χ0) is 40.6. The van der Waals surface area contributed by atoms with Crippen LogP contribution in [-0.2, 0) is 37.9 Å². The molecule has 0 bridgehead atoms. The maximum absolute atomic E-state index is 14.9. The Morgan fingerprint density at radius 3 is 0.887 bits per heavy atom. The third-order valence-electron chi connectivity index (χ3n) is 7.69. The van der Waals surface area contributed by atoms with Crippen LogP contribution in [0.2, 0.25) is 76.6 Å². The monoisotopic (exact) mass is 856 g/mol. The number of rotatable bonds is 36. The fourth-order valence-electron chi connectivity index (χ4n) is 4.70. The van der Waals surface area contributed by atoms with Gasteiger partial charge in [0.05, 0.1) is 45.1 Å². The van der Waals surface area contributed by atoms with E-state index in [1.54, 1.807) is 0 Å². The van der Waals surface area contributed by atoms with Crippen molar-refractivity contribution in [2.75, 3.05) is 79.3 Å². The molecule has 0 heterocycles. The van der Waals surface area contributed by atoms with E-state index in [1.165, 1.54) is 0 Å². The second kappa shape index (κ2) is 27.6. The van der Waals surface area contributed by atoms with Gasteiger partial charge in [0.25, 0.3) is 0 Å². The van der Waals surface area contributed by atoms with Crippen molar-refractivity contribution in [3.63, 3.8) is 0 Å². The molecule has 0 aromatic rings. The molecule has 0 amide bonds. The summed E-state index contributed by atoms with van der Waals surface area (Å²) in [6, 6.07) is 3.24. The van der Waals surface area contributed by atoms with E-state index in [0.717, 1.165) is 24.2 Å². The molecule has 0 spiro atoms. The number of halogens is 8. The average molecular weight is 857 g/mol. The minimum atomic E-state index is -3.97. The standard InChI is InChI=1S/C33H68F8O8Si4/c1-50(2)17-9-13-42-25-32(38,39)48-23-29(21-44-27-30(34,35)46-15-11-19-52(5)6,22-45-28-31(36,37)47-16-12-20-53(7)8)24-49-33(40,41)26-43-14-10-18-51(3)4/h50-53H,9-28H2,1-8H3. The van der Waals surface area contributed by atoms with Crippen LogP contribution in [0, 0.1) is 5.41 Å². The molecule has 53 heavy (non-hydrogen) atoms. The van der Waals surface area contributed by atoms with Gasteiger partial charge in [-0.2, -0.15) is 35.1 Å². The molecule has 0 atom stereocenters. The Morgan fingerprint density at radius 1 is 0.321 bits per heavy atom. The molecule has 0 N–H and O–H groups in total. The number of alkyl halides is 8. The normalized spacial score (nSPS) is 13.8. The smallest absolute Gasteiger partial charge is 0.372 e. The lowest BCUT2D eigenvalue weighted by Gasteiger charge is -2.36. The molecule has 0 aliphatic rings. The highest BCUT2D eigenvalue weighted by molar-refractivity contribution is 6.56. The molecule has 0 saturated heterocycles. The molecular weight excluding hydrogens is 789 g/mol. The maximum atomic E-state index is 14.9. The van der Waals surface area contributed by atoms with Gasteiger partial charge in [-0.15, -0.1) is 0 Å². The Labute approximate surface area is 319 Å². The zero-order valence-electron chi connectivity index (χ0n) is 33.2. The van der Waals surface area contributed by atoms with Crippen molar-refractivity contribution in [2.24, 2.45) is 5.41 Å². The second-order valence-electron chi connectivity index (χ2n) is 15.6. The van der Waals surface area contributed by atoms with Crippen LogP contribution in [0.3, 0.4) is 0 Å². The minimum absolute atomic E-state index is 0.0268. The molecule has 0 radical (unpaired) electrons. The first-order valence-corrected chi connectivity index (χ1v) is 31.4. The van der Waals surface area contributed by atoms with Crippen LogP contribution in [-0.4, -0.2) is 139 Å². The summed E-state index contributed by atoms with van der Waals surface area (Å²) in [7, 11) is -3.89. The first kappa shape index (κ1) is 53.0.